The van der Waals surface area contributed by atoms with Gasteiger partial charge in [0.2, 0.25) is 5.91 Å². The fourth-order valence-corrected chi connectivity index (χ4v) is 2.82. The maximum Gasteiger partial charge on any atom is 0.221 e. The predicted molar refractivity (Wildman–Crippen MR) is 82.7 cm³/mol. The second kappa shape index (κ2) is 8.05. The molecule has 1 amide bonds. The highest BCUT2D eigenvalue weighted by Gasteiger charge is 2.19. The predicted octanol–water partition coefficient (Wildman–Crippen LogP) is 2.61. The number of carbonyl (C=O) groups is 1. The van der Waals surface area contributed by atoms with Gasteiger partial charge in [-0.2, -0.15) is 0 Å². The van der Waals surface area contributed by atoms with Gasteiger partial charge in [-0.3, -0.25) is 4.79 Å². The van der Waals surface area contributed by atoms with Crippen molar-refractivity contribution in [2.24, 2.45) is 0 Å². The van der Waals surface area contributed by atoms with E-state index in [1.807, 2.05) is 6.07 Å². The Morgan fingerprint density at radius 2 is 1.95 bits per heavy atom. The summed E-state index contributed by atoms with van der Waals surface area (Å²) in [6.45, 7) is 5.25. The third-order valence-electron chi connectivity index (χ3n) is 4.05. The van der Waals surface area contributed by atoms with Crippen LogP contribution in [0.3, 0.4) is 0 Å². The van der Waals surface area contributed by atoms with E-state index in [0.29, 0.717) is 12.5 Å². The van der Waals surface area contributed by atoms with E-state index >= 15 is 0 Å². The summed E-state index contributed by atoms with van der Waals surface area (Å²) < 4.78 is 0. The minimum atomic E-state index is 0.192. The largest absolute Gasteiger partial charge is 0.356 e. The molecular weight excluding hydrogens is 248 g/mol. The minimum absolute atomic E-state index is 0.192. The van der Waals surface area contributed by atoms with Crippen molar-refractivity contribution in [2.45, 2.75) is 45.1 Å². The first-order valence-corrected chi connectivity index (χ1v) is 7.80. The van der Waals surface area contributed by atoms with Crippen molar-refractivity contribution >= 4 is 5.91 Å². The lowest BCUT2D eigenvalue weighted by Crippen LogP contribution is -2.36. The fraction of sp³-hybridized carbons (Fsp3) is 0.588. The summed E-state index contributed by atoms with van der Waals surface area (Å²) in [7, 11) is 0. The van der Waals surface area contributed by atoms with Crippen LogP contribution in [-0.4, -0.2) is 36.5 Å². The van der Waals surface area contributed by atoms with E-state index in [1.54, 1.807) is 0 Å². The summed E-state index contributed by atoms with van der Waals surface area (Å²) in [4.78, 5) is 14.3. The van der Waals surface area contributed by atoms with E-state index < -0.39 is 0 Å². The van der Waals surface area contributed by atoms with Gasteiger partial charge in [-0.1, -0.05) is 30.3 Å². The highest BCUT2D eigenvalue weighted by atomic mass is 16.1. The van der Waals surface area contributed by atoms with E-state index in [1.165, 1.54) is 18.4 Å². The molecule has 110 valence electrons. The van der Waals surface area contributed by atoms with Crippen LogP contribution in [0.15, 0.2) is 30.3 Å². The molecule has 0 aromatic heterocycles. The van der Waals surface area contributed by atoms with Gasteiger partial charge in [-0.15, -0.1) is 0 Å². The van der Waals surface area contributed by atoms with Crippen molar-refractivity contribution in [3.63, 3.8) is 0 Å². The highest BCUT2D eigenvalue weighted by molar-refractivity contribution is 5.76. The summed E-state index contributed by atoms with van der Waals surface area (Å²) in [5.74, 6) is 0.192. The van der Waals surface area contributed by atoms with Crippen LogP contribution in [0.1, 0.15) is 38.2 Å². The second-order valence-electron chi connectivity index (χ2n) is 5.74. The van der Waals surface area contributed by atoms with Crippen LogP contribution >= 0.6 is 0 Å². The van der Waals surface area contributed by atoms with Gasteiger partial charge in [0, 0.05) is 19.0 Å². The van der Waals surface area contributed by atoms with Gasteiger partial charge in [0.25, 0.3) is 0 Å². The van der Waals surface area contributed by atoms with Gasteiger partial charge in [0.15, 0.2) is 0 Å². The van der Waals surface area contributed by atoms with E-state index in [2.05, 4.69) is 41.4 Å². The van der Waals surface area contributed by atoms with Crippen molar-refractivity contribution < 1.29 is 4.79 Å². The second-order valence-corrected chi connectivity index (χ2v) is 5.74. The van der Waals surface area contributed by atoms with Gasteiger partial charge in [-0.05, 0) is 51.3 Å². The summed E-state index contributed by atoms with van der Waals surface area (Å²) in [6, 6.07) is 10.8. The Labute approximate surface area is 122 Å². The topological polar surface area (TPSA) is 32.3 Å². The summed E-state index contributed by atoms with van der Waals surface area (Å²) in [5.41, 5.74) is 1.34. The Morgan fingerprint density at radius 1 is 1.25 bits per heavy atom. The zero-order chi connectivity index (χ0) is 14.2. The maximum atomic E-state index is 11.9. The van der Waals surface area contributed by atoms with Crippen molar-refractivity contribution in [3.05, 3.63) is 35.9 Å². The number of hydrogen-bond donors (Lipinski definition) is 1. The van der Waals surface area contributed by atoms with Gasteiger partial charge < -0.3 is 10.2 Å². The first-order valence-electron chi connectivity index (χ1n) is 7.80. The number of aryl methyl sites for hydroxylation is 1. The van der Waals surface area contributed by atoms with Crippen molar-refractivity contribution in [3.8, 4) is 0 Å². The van der Waals surface area contributed by atoms with Crippen LogP contribution < -0.4 is 5.32 Å². The number of rotatable bonds is 7. The molecule has 3 heteroatoms. The number of carbonyl (C=O) groups excluding carboxylic acids is 1. The number of hydrogen-bond acceptors (Lipinski definition) is 2. The SMILES string of the molecule is CC(CC(=O)NCCCc1ccccc1)N1CCCC1. The Morgan fingerprint density at radius 3 is 2.65 bits per heavy atom. The van der Waals surface area contributed by atoms with Crippen LogP contribution in [0, 0.1) is 0 Å². The zero-order valence-electron chi connectivity index (χ0n) is 12.5. The first kappa shape index (κ1) is 15.0. The number of benzene rings is 1. The fourth-order valence-electron chi connectivity index (χ4n) is 2.82. The molecule has 2 rings (SSSR count). The van der Waals surface area contributed by atoms with Crippen molar-refractivity contribution in [1.82, 2.24) is 10.2 Å². The molecule has 0 aliphatic carbocycles. The average Bonchev–Trinajstić information content (AvgIpc) is 2.99. The quantitative estimate of drug-likeness (QED) is 0.775. The van der Waals surface area contributed by atoms with Gasteiger partial charge in [0.05, 0.1) is 0 Å². The third-order valence-corrected chi connectivity index (χ3v) is 4.05. The Kier molecular flexibility index (Phi) is 6.06. The molecule has 1 aromatic carbocycles. The molecule has 20 heavy (non-hydrogen) atoms. The molecule has 1 aliphatic rings. The molecule has 0 spiro atoms. The van der Waals surface area contributed by atoms with E-state index in [-0.39, 0.29) is 5.91 Å². The van der Waals surface area contributed by atoms with Crippen LogP contribution in [0.2, 0.25) is 0 Å². The van der Waals surface area contributed by atoms with E-state index in [0.717, 1.165) is 32.5 Å². The van der Waals surface area contributed by atoms with Gasteiger partial charge in [-0.25, -0.2) is 0 Å². The third kappa shape index (κ3) is 4.97. The lowest BCUT2D eigenvalue weighted by molar-refractivity contribution is -0.122. The smallest absolute Gasteiger partial charge is 0.221 e. The zero-order valence-corrected chi connectivity index (χ0v) is 12.5. The first-order chi connectivity index (χ1) is 9.75. The number of likely N-dealkylation sites (tertiary alicyclic amines) is 1. The normalized spacial score (nSPS) is 17.1. The van der Waals surface area contributed by atoms with Crippen LogP contribution in [0.5, 0.6) is 0 Å². The summed E-state index contributed by atoms with van der Waals surface area (Å²) in [6.07, 6.45) is 5.23. The number of nitrogens with zero attached hydrogens (tertiary/aromatic N) is 1. The summed E-state index contributed by atoms with van der Waals surface area (Å²) >= 11 is 0. The lowest BCUT2D eigenvalue weighted by Gasteiger charge is -2.23. The standard InChI is InChI=1S/C17H26N2O/c1-15(19-12-5-6-13-19)14-17(20)18-11-7-10-16-8-3-2-4-9-16/h2-4,8-9,15H,5-7,10-14H2,1H3,(H,18,20). The molecule has 1 heterocycles. The molecule has 1 aromatic rings. The van der Waals surface area contributed by atoms with Crippen LogP contribution in [0.4, 0.5) is 0 Å². The molecule has 0 bridgehead atoms. The molecular formula is C17H26N2O. The van der Waals surface area contributed by atoms with Crippen molar-refractivity contribution in [1.29, 1.82) is 0 Å². The Balaban J connectivity index is 1.58. The molecule has 1 saturated heterocycles. The Hall–Kier alpha value is -1.35. The monoisotopic (exact) mass is 274 g/mol. The van der Waals surface area contributed by atoms with Crippen LogP contribution in [-0.2, 0) is 11.2 Å². The van der Waals surface area contributed by atoms with Crippen LogP contribution in [0.25, 0.3) is 0 Å². The molecule has 1 N–H and O–H groups in total. The minimum Gasteiger partial charge on any atom is -0.356 e. The Bertz CT molecular complexity index is 399. The van der Waals surface area contributed by atoms with Gasteiger partial charge in [0.1, 0.15) is 0 Å². The van der Waals surface area contributed by atoms with E-state index in [4.69, 9.17) is 0 Å². The number of nitrogens with one attached hydrogen (secondary N) is 1. The average molecular weight is 274 g/mol. The van der Waals surface area contributed by atoms with Crippen molar-refractivity contribution in [2.75, 3.05) is 19.6 Å². The highest BCUT2D eigenvalue weighted by Crippen LogP contribution is 2.13. The molecule has 1 aliphatic heterocycles. The molecule has 3 nitrogen and oxygen atoms in total. The number of amides is 1. The lowest BCUT2D eigenvalue weighted by atomic mass is 10.1. The molecule has 0 saturated carbocycles. The van der Waals surface area contributed by atoms with E-state index in [9.17, 15) is 4.79 Å². The molecule has 1 atom stereocenters. The molecule has 0 radical (unpaired) electrons. The molecule has 1 unspecified atom stereocenters. The summed E-state index contributed by atoms with van der Waals surface area (Å²) in [5, 5.41) is 3.04. The molecule has 1 fully saturated rings. The van der Waals surface area contributed by atoms with Gasteiger partial charge >= 0.3 is 0 Å². The maximum absolute atomic E-state index is 11.9.